The molecule has 2 aromatic rings. The molecule has 1 aliphatic rings. The van der Waals surface area contributed by atoms with Gasteiger partial charge in [0.05, 0.1) is 11.0 Å². The van der Waals surface area contributed by atoms with E-state index in [0.29, 0.717) is 24.9 Å². The third kappa shape index (κ3) is 5.50. The fraction of sp³-hybridized carbons (Fsp3) is 0.364. The van der Waals surface area contributed by atoms with E-state index < -0.39 is 28.4 Å². The van der Waals surface area contributed by atoms with E-state index >= 15 is 0 Å². The highest BCUT2D eigenvalue weighted by molar-refractivity contribution is 5.54. The van der Waals surface area contributed by atoms with Gasteiger partial charge >= 0.3 is 6.18 Å². The minimum atomic E-state index is -4.91. The first-order valence-corrected chi connectivity index (χ1v) is 9.99. The molecular formula is C22H21F4N3O4. The Morgan fingerprint density at radius 1 is 1.18 bits per heavy atom. The quantitative estimate of drug-likeness (QED) is 0.271. The third-order valence-corrected chi connectivity index (χ3v) is 5.52. The SMILES string of the molecule is C[C@@H]1CN(COc2ccc([N+](=O)[O-])c(C(F)(F)F)c2)[C@@H](C)C(=C=O)N1Cc1ccc(F)cc1. The van der Waals surface area contributed by atoms with E-state index in [0.717, 1.165) is 17.7 Å². The molecule has 11 heteroatoms. The number of piperazine rings is 1. The summed E-state index contributed by atoms with van der Waals surface area (Å²) in [5.74, 6) is 1.39. The summed E-state index contributed by atoms with van der Waals surface area (Å²) in [6.45, 7) is 4.25. The van der Waals surface area contributed by atoms with Crippen molar-refractivity contribution in [3.63, 3.8) is 0 Å². The van der Waals surface area contributed by atoms with Gasteiger partial charge < -0.3 is 9.64 Å². The molecule has 0 saturated carbocycles. The Morgan fingerprint density at radius 3 is 2.42 bits per heavy atom. The Morgan fingerprint density at radius 2 is 1.85 bits per heavy atom. The molecule has 0 bridgehead atoms. The highest BCUT2D eigenvalue weighted by Gasteiger charge is 2.39. The lowest BCUT2D eigenvalue weighted by Crippen LogP contribution is -2.55. The van der Waals surface area contributed by atoms with Crippen molar-refractivity contribution < 1.29 is 32.0 Å². The Labute approximate surface area is 187 Å². The zero-order valence-electron chi connectivity index (χ0n) is 17.8. The number of hydrogen-bond acceptors (Lipinski definition) is 6. The molecular weight excluding hydrogens is 446 g/mol. The molecule has 0 aromatic heterocycles. The first kappa shape index (κ1) is 24.2. The summed E-state index contributed by atoms with van der Waals surface area (Å²) < 4.78 is 58.3. The topological polar surface area (TPSA) is 75.9 Å². The van der Waals surface area contributed by atoms with Crippen LogP contribution in [0.4, 0.5) is 23.2 Å². The number of rotatable bonds is 6. The molecule has 1 saturated heterocycles. The first-order chi connectivity index (χ1) is 15.5. The van der Waals surface area contributed by atoms with Gasteiger partial charge in [0.1, 0.15) is 35.5 Å². The molecule has 33 heavy (non-hydrogen) atoms. The average molecular weight is 467 g/mol. The molecule has 0 spiro atoms. The van der Waals surface area contributed by atoms with Crippen molar-refractivity contribution in [3.8, 4) is 5.75 Å². The molecule has 2 aromatic carbocycles. The van der Waals surface area contributed by atoms with Gasteiger partial charge in [0.2, 0.25) is 0 Å². The maximum Gasteiger partial charge on any atom is 0.423 e. The third-order valence-electron chi connectivity index (χ3n) is 5.52. The summed E-state index contributed by atoms with van der Waals surface area (Å²) in [6, 6.07) is 7.72. The fourth-order valence-corrected chi connectivity index (χ4v) is 3.73. The van der Waals surface area contributed by atoms with Gasteiger partial charge in [-0.15, -0.1) is 0 Å². The number of halogens is 4. The first-order valence-electron chi connectivity index (χ1n) is 9.99. The second-order valence-electron chi connectivity index (χ2n) is 7.75. The van der Waals surface area contributed by atoms with E-state index in [4.69, 9.17) is 4.74 Å². The second-order valence-corrected chi connectivity index (χ2v) is 7.75. The van der Waals surface area contributed by atoms with Crippen molar-refractivity contribution in [1.29, 1.82) is 0 Å². The molecule has 0 amide bonds. The summed E-state index contributed by atoms with van der Waals surface area (Å²) in [5, 5.41) is 10.9. The monoisotopic (exact) mass is 467 g/mol. The van der Waals surface area contributed by atoms with Crippen LogP contribution >= 0.6 is 0 Å². The van der Waals surface area contributed by atoms with Crippen LogP contribution in [0.5, 0.6) is 5.75 Å². The molecule has 3 rings (SSSR count). The maximum absolute atomic E-state index is 13.2. The van der Waals surface area contributed by atoms with Crippen LogP contribution in [-0.4, -0.2) is 46.0 Å². The van der Waals surface area contributed by atoms with Gasteiger partial charge in [-0.25, -0.2) is 9.18 Å². The largest absolute Gasteiger partial charge is 0.478 e. The molecule has 0 unspecified atom stereocenters. The highest BCUT2D eigenvalue weighted by Crippen LogP contribution is 2.38. The summed E-state index contributed by atoms with van der Waals surface area (Å²) in [7, 11) is 0. The van der Waals surface area contributed by atoms with Gasteiger partial charge in [-0.1, -0.05) is 12.1 Å². The lowest BCUT2D eigenvalue weighted by Gasteiger charge is -2.45. The summed E-state index contributed by atoms with van der Waals surface area (Å²) in [5.41, 5.74) is -1.32. The van der Waals surface area contributed by atoms with Crippen molar-refractivity contribution >= 4 is 11.6 Å². The average Bonchev–Trinajstić information content (AvgIpc) is 2.76. The number of hydrogen-bond donors (Lipinski definition) is 0. The Kier molecular flexibility index (Phi) is 7.04. The molecule has 2 atom stereocenters. The van der Waals surface area contributed by atoms with Crippen molar-refractivity contribution in [1.82, 2.24) is 9.80 Å². The normalized spacial score (nSPS) is 19.3. The van der Waals surface area contributed by atoms with E-state index in [1.807, 2.05) is 17.8 Å². The molecule has 0 radical (unpaired) electrons. The van der Waals surface area contributed by atoms with Crippen LogP contribution in [0.25, 0.3) is 0 Å². The predicted molar refractivity (Wildman–Crippen MR) is 110 cm³/mol. The van der Waals surface area contributed by atoms with Crippen LogP contribution in [0.3, 0.4) is 0 Å². The van der Waals surface area contributed by atoms with E-state index in [-0.39, 0.29) is 24.3 Å². The van der Waals surface area contributed by atoms with Gasteiger partial charge in [-0.3, -0.25) is 15.0 Å². The van der Waals surface area contributed by atoms with E-state index in [2.05, 4.69) is 0 Å². The lowest BCUT2D eigenvalue weighted by atomic mass is 10.0. The zero-order chi connectivity index (χ0) is 24.3. The summed E-state index contributed by atoms with van der Waals surface area (Å²) in [6.07, 6.45) is -4.91. The molecule has 1 fully saturated rings. The molecule has 0 aliphatic carbocycles. The fourth-order valence-electron chi connectivity index (χ4n) is 3.73. The van der Waals surface area contributed by atoms with Crippen LogP contribution in [0.15, 0.2) is 48.2 Å². The highest BCUT2D eigenvalue weighted by atomic mass is 19.4. The van der Waals surface area contributed by atoms with E-state index in [9.17, 15) is 32.5 Å². The van der Waals surface area contributed by atoms with Gasteiger partial charge in [0.25, 0.3) is 5.69 Å². The number of ether oxygens (including phenoxy) is 1. The Hall–Kier alpha value is -3.43. The van der Waals surface area contributed by atoms with Gasteiger partial charge in [0.15, 0.2) is 0 Å². The minimum absolute atomic E-state index is 0.143. The molecule has 0 N–H and O–H groups in total. The van der Waals surface area contributed by atoms with Crippen molar-refractivity contribution in [3.05, 3.63) is 75.2 Å². The van der Waals surface area contributed by atoms with Crippen LogP contribution in [0, 0.1) is 15.9 Å². The predicted octanol–water partition coefficient (Wildman–Crippen LogP) is 4.40. The van der Waals surface area contributed by atoms with Crippen LogP contribution < -0.4 is 4.74 Å². The summed E-state index contributed by atoms with van der Waals surface area (Å²) >= 11 is 0. The van der Waals surface area contributed by atoms with Crippen LogP contribution in [0.1, 0.15) is 25.0 Å². The Balaban J connectivity index is 1.74. The molecule has 1 aliphatic heterocycles. The smallest absolute Gasteiger partial charge is 0.423 e. The number of benzene rings is 2. The van der Waals surface area contributed by atoms with Crippen molar-refractivity contribution in [2.24, 2.45) is 0 Å². The van der Waals surface area contributed by atoms with Crippen LogP contribution in [0.2, 0.25) is 0 Å². The lowest BCUT2D eigenvalue weighted by molar-refractivity contribution is -0.388. The minimum Gasteiger partial charge on any atom is -0.478 e. The number of alkyl halides is 3. The van der Waals surface area contributed by atoms with Crippen molar-refractivity contribution in [2.45, 2.75) is 38.7 Å². The molecule has 1 heterocycles. The van der Waals surface area contributed by atoms with Crippen molar-refractivity contribution in [2.75, 3.05) is 13.3 Å². The number of nitrogens with zero attached hydrogens (tertiary/aromatic N) is 3. The maximum atomic E-state index is 13.2. The zero-order valence-corrected chi connectivity index (χ0v) is 17.8. The second kappa shape index (κ2) is 9.60. The van der Waals surface area contributed by atoms with E-state index in [1.165, 1.54) is 12.1 Å². The standard InChI is InChI=1S/C22H21F4N3O4/c1-14-10-27(13-33-18-7-8-20(29(31)32)19(9-18)22(24,25)26)15(2)21(12-30)28(14)11-16-3-5-17(23)6-4-16/h3-9,14-15H,10-11,13H2,1-2H3/t14-,15+/m1/s1. The van der Waals surface area contributed by atoms with Gasteiger partial charge in [-0.05, 0) is 43.7 Å². The van der Waals surface area contributed by atoms with Gasteiger partial charge in [0, 0.05) is 25.2 Å². The van der Waals surface area contributed by atoms with Gasteiger partial charge in [-0.2, -0.15) is 13.2 Å². The summed E-state index contributed by atoms with van der Waals surface area (Å²) in [4.78, 5) is 25.1. The number of carbonyl (C=O) groups excluding carboxylic acids is 1. The Bertz CT molecular complexity index is 1070. The molecule has 176 valence electrons. The van der Waals surface area contributed by atoms with Crippen LogP contribution in [-0.2, 0) is 17.5 Å². The number of nitro groups is 1. The number of nitro benzene ring substituents is 1. The van der Waals surface area contributed by atoms with E-state index in [1.54, 1.807) is 24.0 Å². The molecule has 7 nitrogen and oxygen atoms in total.